The van der Waals surface area contributed by atoms with Crippen LogP contribution in [0.3, 0.4) is 0 Å². The number of rotatable bonds is 4. The van der Waals surface area contributed by atoms with E-state index < -0.39 is 0 Å². The summed E-state index contributed by atoms with van der Waals surface area (Å²) in [5, 5.41) is 17.7. The van der Waals surface area contributed by atoms with E-state index in [2.05, 4.69) is 0 Å². The standard InChI is InChI=1S/C10H16N2O2/c11-9-1-2-10(12)8(4-6-14)7(9)3-5-13/h1-2,13-14H,3-6,11-12H2. The maximum Gasteiger partial charge on any atom is 0.0472 e. The van der Waals surface area contributed by atoms with E-state index in [-0.39, 0.29) is 13.2 Å². The molecule has 0 fully saturated rings. The lowest BCUT2D eigenvalue weighted by Gasteiger charge is -2.13. The molecule has 4 heteroatoms. The Balaban J connectivity index is 3.12. The van der Waals surface area contributed by atoms with Crippen molar-refractivity contribution in [3.8, 4) is 0 Å². The number of aliphatic hydroxyl groups excluding tert-OH is 2. The summed E-state index contributed by atoms with van der Waals surface area (Å²) in [7, 11) is 0. The Kier molecular flexibility index (Phi) is 3.73. The smallest absolute Gasteiger partial charge is 0.0472 e. The van der Waals surface area contributed by atoms with E-state index in [1.807, 2.05) is 0 Å². The molecule has 0 saturated carbocycles. The highest BCUT2D eigenvalue weighted by molar-refractivity contribution is 5.62. The number of hydrogen-bond acceptors (Lipinski definition) is 4. The van der Waals surface area contributed by atoms with Gasteiger partial charge in [0.1, 0.15) is 0 Å². The highest BCUT2D eigenvalue weighted by atomic mass is 16.3. The quantitative estimate of drug-likeness (QED) is 0.507. The van der Waals surface area contributed by atoms with Crippen LogP contribution in [-0.2, 0) is 12.8 Å². The van der Waals surface area contributed by atoms with Gasteiger partial charge in [-0.25, -0.2) is 0 Å². The zero-order chi connectivity index (χ0) is 10.6. The minimum absolute atomic E-state index is 0.0338. The lowest BCUT2D eigenvalue weighted by atomic mass is 9.98. The fourth-order valence-electron chi connectivity index (χ4n) is 1.54. The molecule has 1 aromatic rings. The maximum absolute atomic E-state index is 8.87. The van der Waals surface area contributed by atoms with Crippen LogP contribution in [0.5, 0.6) is 0 Å². The Bertz CT molecular complexity index is 282. The molecule has 0 radical (unpaired) electrons. The summed E-state index contributed by atoms with van der Waals surface area (Å²) in [4.78, 5) is 0. The summed E-state index contributed by atoms with van der Waals surface area (Å²) >= 11 is 0. The normalized spacial score (nSPS) is 10.4. The average molecular weight is 196 g/mol. The molecular weight excluding hydrogens is 180 g/mol. The van der Waals surface area contributed by atoms with Crippen LogP contribution in [0.25, 0.3) is 0 Å². The van der Waals surface area contributed by atoms with Crippen molar-refractivity contribution in [2.75, 3.05) is 24.7 Å². The van der Waals surface area contributed by atoms with Gasteiger partial charge < -0.3 is 21.7 Å². The van der Waals surface area contributed by atoms with Gasteiger partial charge in [0.2, 0.25) is 0 Å². The van der Waals surface area contributed by atoms with Gasteiger partial charge in [-0.05, 0) is 36.1 Å². The number of aliphatic hydroxyl groups is 2. The van der Waals surface area contributed by atoms with E-state index >= 15 is 0 Å². The predicted molar refractivity (Wildman–Crippen MR) is 56.8 cm³/mol. The van der Waals surface area contributed by atoms with Gasteiger partial charge >= 0.3 is 0 Å². The second-order valence-electron chi connectivity index (χ2n) is 3.15. The van der Waals surface area contributed by atoms with Crippen molar-refractivity contribution < 1.29 is 10.2 Å². The van der Waals surface area contributed by atoms with Crippen LogP contribution >= 0.6 is 0 Å². The van der Waals surface area contributed by atoms with Gasteiger partial charge in [0.05, 0.1) is 0 Å². The third-order valence-electron chi connectivity index (χ3n) is 2.23. The second-order valence-corrected chi connectivity index (χ2v) is 3.15. The second kappa shape index (κ2) is 4.83. The lowest BCUT2D eigenvalue weighted by Crippen LogP contribution is -2.07. The van der Waals surface area contributed by atoms with Gasteiger partial charge in [-0.2, -0.15) is 0 Å². The van der Waals surface area contributed by atoms with Crippen LogP contribution < -0.4 is 11.5 Å². The van der Waals surface area contributed by atoms with Crippen molar-refractivity contribution in [3.05, 3.63) is 23.3 Å². The first-order chi connectivity index (χ1) is 6.70. The fraction of sp³-hybridized carbons (Fsp3) is 0.400. The van der Waals surface area contributed by atoms with Crippen LogP contribution in [0.2, 0.25) is 0 Å². The molecule has 0 bridgehead atoms. The molecule has 0 aromatic heterocycles. The Morgan fingerprint density at radius 2 is 1.21 bits per heavy atom. The molecule has 6 N–H and O–H groups in total. The molecule has 1 aromatic carbocycles. The van der Waals surface area contributed by atoms with Crippen molar-refractivity contribution in [1.82, 2.24) is 0 Å². The molecule has 0 amide bonds. The minimum atomic E-state index is 0.0338. The highest BCUT2D eigenvalue weighted by Gasteiger charge is 2.08. The third-order valence-corrected chi connectivity index (χ3v) is 2.23. The molecule has 0 aliphatic rings. The Labute approximate surface area is 83.2 Å². The Hall–Kier alpha value is -1.26. The zero-order valence-corrected chi connectivity index (χ0v) is 8.03. The van der Waals surface area contributed by atoms with Crippen molar-refractivity contribution in [2.45, 2.75) is 12.8 Å². The minimum Gasteiger partial charge on any atom is -0.398 e. The van der Waals surface area contributed by atoms with Gasteiger partial charge in [-0.1, -0.05) is 0 Å². The van der Waals surface area contributed by atoms with Crippen molar-refractivity contribution in [3.63, 3.8) is 0 Å². The van der Waals surface area contributed by atoms with E-state index in [0.717, 1.165) is 11.1 Å². The lowest BCUT2D eigenvalue weighted by molar-refractivity contribution is 0.293. The van der Waals surface area contributed by atoms with Crippen LogP contribution in [0.4, 0.5) is 11.4 Å². The SMILES string of the molecule is Nc1ccc(N)c(CCO)c1CCO. The molecule has 0 heterocycles. The summed E-state index contributed by atoms with van der Waals surface area (Å²) in [6, 6.07) is 3.45. The summed E-state index contributed by atoms with van der Waals surface area (Å²) in [5.74, 6) is 0. The van der Waals surface area contributed by atoms with E-state index in [1.165, 1.54) is 0 Å². The first-order valence-electron chi connectivity index (χ1n) is 4.58. The van der Waals surface area contributed by atoms with Crippen molar-refractivity contribution in [1.29, 1.82) is 0 Å². The van der Waals surface area contributed by atoms with Gasteiger partial charge in [0, 0.05) is 24.6 Å². The molecule has 78 valence electrons. The van der Waals surface area contributed by atoms with Gasteiger partial charge in [-0.15, -0.1) is 0 Å². The molecule has 0 spiro atoms. The topological polar surface area (TPSA) is 92.5 Å². The number of hydrogen-bond donors (Lipinski definition) is 4. The van der Waals surface area contributed by atoms with E-state index in [0.29, 0.717) is 24.2 Å². The number of nitrogen functional groups attached to an aromatic ring is 2. The number of benzene rings is 1. The van der Waals surface area contributed by atoms with Crippen LogP contribution in [-0.4, -0.2) is 23.4 Å². The number of nitrogens with two attached hydrogens (primary N) is 2. The Morgan fingerprint density at radius 3 is 1.50 bits per heavy atom. The summed E-state index contributed by atoms with van der Waals surface area (Å²) in [6.07, 6.45) is 0.957. The average Bonchev–Trinajstić information content (AvgIpc) is 2.17. The monoisotopic (exact) mass is 196 g/mol. The summed E-state index contributed by atoms with van der Waals surface area (Å²) in [6.45, 7) is 0.0676. The van der Waals surface area contributed by atoms with Crippen molar-refractivity contribution in [2.24, 2.45) is 0 Å². The van der Waals surface area contributed by atoms with Crippen molar-refractivity contribution >= 4 is 11.4 Å². The zero-order valence-electron chi connectivity index (χ0n) is 8.03. The molecule has 0 atom stereocenters. The highest BCUT2D eigenvalue weighted by Crippen LogP contribution is 2.24. The molecular formula is C10H16N2O2. The molecule has 0 aliphatic carbocycles. The summed E-state index contributed by atoms with van der Waals surface area (Å²) < 4.78 is 0. The van der Waals surface area contributed by atoms with Crippen LogP contribution in [0, 0.1) is 0 Å². The molecule has 0 saturated heterocycles. The van der Waals surface area contributed by atoms with E-state index in [1.54, 1.807) is 12.1 Å². The van der Waals surface area contributed by atoms with Gasteiger partial charge in [0.25, 0.3) is 0 Å². The Morgan fingerprint density at radius 1 is 0.857 bits per heavy atom. The van der Waals surface area contributed by atoms with Gasteiger partial charge in [-0.3, -0.25) is 0 Å². The predicted octanol–water partition coefficient (Wildman–Crippen LogP) is -0.0794. The first kappa shape index (κ1) is 10.8. The van der Waals surface area contributed by atoms with Crippen LogP contribution in [0.15, 0.2) is 12.1 Å². The fourth-order valence-corrected chi connectivity index (χ4v) is 1.54. The molecule has 1 rings (SSSR count). The largest absolute Gasteiger partial charge is 0.398 e. The molecule has 4 nitrogen and oxygen atoms in total. The first-order valence-corrected chi connectivity index (χ1v) is 4.58. The third kappa shape index (κ3) is 2.16. The number of anilines is 2. The van der Waals surface area contributed by atoms with E-state index in [4.69, 9.17) is 21.7 Å². The summed E-state index contributed by atoms with van der Waals surface area (Å²) in [5.41, 5.74) is 14.5. The molecule has 0 aliphatic heterocycles. The molecule has 14 heavy (non-hydrogen) atoms. The maximum atomic E-state index is 8.87. The van der Waals surface area contributed by atoms with Gasteiger partial charge in [0.15, 0.2) is 0 Å². The van der Waals surface area contributed by atoms with E-state index in [9.17, 15) is 0 Å². The molecule has 0 unspecified atom stereocenters. The van der Waals surface area contributed by atoms with Crippen LogP contribution in [0.1, 0.15) is 11.1 Å².